The summed E-state index contributed by atoms with van der Waals surface area (Å²) in [6, 6.07) is 0. The van der Waals surface area contributed by atoms with E-state index in [1.807, 2.05) is 20.8 Å². The number of aromatic carboxylic acids is 1. The molecule has 0 saturated carbocycles. The van der Waals surface area contributed by atoms with Crippen LogP contribution in [0.3, 0.4) is 0 Å². The van der Waals surface area contributed by atoms with Gasteiger partial charge < -0.3 is 9.84 Å². The standard InChI is InChI=1S/C13H18N2O3/c1-8(2)5-6-18-10-7-14-12(9(3)4)15-11(10)13(16)17/h7,9H,1,5-6H2,2-4H3,(H,16,17). The molecule has 0 unspecified atom stereocenters. The second kappa shape index (κ2) is 6.14. The summed E-state index contributed by atoms with van der Waals surface area (Å²) in [6.45, 7) is 9.83. The van der Waals surface area contributed by atoms with E-state index in [-0.39, 0.29) is 17.4 Å². The highest BCUT2D eigenvalue weighted by atomic mass is 16.5. The van der Waals surface area contributed by atoms with Gasteiger partial charge in [0.15, 0.2) is 11.4 Å². The van der Waals surface area contributed by atoms with Crippen molar-refractivity contribution in [2.45, 2.75) is 33.1 Å². The monoisotopic (exact) mass is 250 g/mol. The van der Waals surface area contributed by atoms with Gasteiger partial charge in [-0.2, -0.15) is 0 Å². The van der Waals surface area contributed by atoms with Crippen molar-refractivity contribution in [3.63, 3.8) is 0 Å². The van der Waals surface area contributed by atoms with Crippen LogP contribution in [0.4, 0.5) is 0 Å². The molecule has 0 spiro atoms. The minimum atomic E-state index is -1.11. The Hall–Kier alpha value is -1.91. The summed E-state index contributed by atoms with van der Waals surface area (Å²) in [5.41, 5.74) is 0.891. The zero-order valence-electron chi connectivity index (χ0n) is 10.9. The number of aromatic nitrogens is 2. The molecule has 1 heterocycles. The number of rotatable bonds is 6. The van der Waals surface area contributed by atoms with Gasteiger partial charge in [0.25, 0.3) is 0 Å². The van der Waals surface area contributed by atoms with E-state index in [0.29, 0.717) is 18.9 Å². The van der Waals surface area contributed by atoms with Crippen LogP contribution in [0.5, 0.6) is 5.75 Å². The van der Waals surface area contributed by atoms with Gasteiger partial charge >= 0.3 is 5.97 Å². The lowest BCUT2D eigenvalue weighted by Gasteiger charge is -2.10. The minimum absolute atomic E-state index is 0.0765. The fraction of sp³-hybridized carbons (Fsp3) is 0.462. The van der Waals surface area contributed by atoms with E-state index >= 15 is 0 Å². The maximum atomic E-state index is 11.1. The lowest BCUT2D eigenvalue weighted by molar-refractivity contribution is 0.0684. The van der Waals surface area contributed by atoms with E-state index in [9.17, 15) is 4.79 Å². The van der Waals surface area contributed by atoms with Crippen molar-refractivity contribution < 1.29 is 14.6 Å². The van der Waals surface area contributed by atoms with Crippen molar-refractivity contribution in [2.24, 2.45) is 0 Å². The molecule has 5 heteroatoms. The van der Waals surface area contributed by atoms with E-state index in [1.54, 1.807) is 0 Å². The average molecular weight is 250 g/mol. The molecule has 0 aromatic carbocycles. The van der Waals surface area contributed by atoms with Crippen molar-refractivity contribution in [1.82, 2.24) is 9.97 Å². The molecule has 0 amide bonds. The first kappa shape index (κ1) is 14.2. The lowest BCUT2D eigenvalue weighted by atomic mass is 10.2. The number of ether oxygens (including phenoxy) is 1. The highest BCUT2D eigenvalue weighted by Crippen LogP contribution is 2.19. The van der Waals surface area contributed by atoms with Gasteiger partial charge in [-0.3, -0.25) is 0 Å². The third-order valence-electron chi connectivity index (χ3n) is 2.28. The summed E-state index contributed by atoms with van der Waals surface area (Å²) >= 11 is 0. The van der Waals surface area contributed by atoms with Gasteiger partial charge in [-0.05, 0) is 6.92 Å². The van der Waals surface area contributed by atoms with Crippen molar-refractivity contribution in [3.05, 3.63) is 29.9 Å². The van der Waals surface area contributed by atoms with Crippen LogP contribution in [-0.4, -0.2) is 27.7 Å². The molecule has 1 aromatic rings. The van der Waals surface area contributed by atoms with Crippen molar-refractivity contribution in [1.29, 1.82) is 0 Å². The van der Waals surface area contributed by atoms with Gasteiger partial charge in [-0.15, -0.1) is 6.58 Å². The first-order chi connectivity index (χ1) is 8.41. The molecule has 98 valence electrons. The van der Waals surface area contributed by atoms with Crippen LogP contribution in [0.1, 0.15) is 49.4 Å². The molecule has 1 N–H and O–H groups in total. The van der Waals surface area contributed by atoms with Crippen molar-refractivity contribution in [3.8, 4) is 5.75 Å². The summed E-state index contributed by atoms with van der Waals surface area (Å²) in [6.07, 6.45) is 2.09. The molecule has 0 radical (unpaired) electrons. The Morgan fingerprint density at radius 2 is 2.22 bits per heavy atom. The molecule has 0 aliphatic heterocycles. The van der Waals surface area contributed by atoms with Crippen LogP contribution >= 0.6 is 0 Å². The third kappa shape index (κ3) is 3.84. The highest BCUT2D eigenvalue weighted by Gasteiger charge is 2.16. The van der Waals surface area contributed by atoms with Gasteiger partial charge in [0.05, 0.1) is 12.8 Å². The molecular weight excluding hydrogens is 232 g/mol. The molecule has 0 saturated heterocycles. The Bertz CT molecular complexity index is 456. The second-order valence-corrected chi connectivity index (χ2v) is 4.46. The van der Waals surface area contributed by atoms with Gasteiger partial charge in [0.2, 0.25) is 0 Å². The molecule has 5 nitrogen and oxygen atoms in total. The van der Waals surface area contributed by atoms with E-state index in [4.69, 9.17) is 9.84 Å². The number of carboxylic acids is 1. The molecule has 0 bridgehead atoms. The molecular formula is C13H18N2O3. The molecule has 0 aliphatic carbocycles. The Morgan fingerprint density at radius 3 is 2.72 bits per heavy atom. The predicted octanol–water partition coefficient (Wildman–Crippen LogP) is 2.64. The first-order valence-corrected chi connectivity index (χ1v) is 5.79. The summed E-state index contributed by atoms with van der Waals surface area (Å²) in [5, 5.41) is 9.09. The maximum Gasteiger partial charge on any atom is 0.358 e. The van der Waals surface area contributed by atoms with E-state index in [0.717, 1.165) is 5.57 Å². The van der Waals surface area contributed by atoms with Crippen molar-refractivity contribution >= 4 is 5.97 Å². The molecule has 0 atom stereocenters. The largest absolute Gasteiger partial charge is 0.489 e. The normalized spacial score (nSPS) is 10.4. The number of hydrogen-bond donors (Lipinski definition) is 1. The van der Waals surface area contributed by atoms with Gasteiger partial charge in [-0.25, -0.2) is 14.8 Å². The average Bonchev–Trinajstić information content (AvgIpc) is 2.28. The smallest absolute Gasteiger partial charge is 0.358 e. The van der Waals surface area contributed by atoms with Crippen LogP contribution in [0.15, 0.2) is 18.3 Å². The highest BCUT2D eigenvalue weighted by molar-refractivity contribution is 5.88. The minimum Gasteiger partial charge on any atom is -0.489 e. The number of carboxylic acid groups (broad SMARTS) is 1. The first-order valence-electron chi connectivity index (χ1n) is 5.79. The summed E-state index contributed by atoms with van der Waals surface area (Å²) in [5.74, 6) is -0.329. The maximum absolute atomic E-state index is 11.1. The summed E-state index contributed by atoms with van der Waals surface area (Å²) in [7, 11) is 0. The molecule has 1 rings (SSSR count). The van der Waals surface area contributed by atoms with Crippen LogP contribution in [-0.2, 0) is 0 Å². The van der Waals surface area contributed by atoms with Gasteiger partial charge in [0.1, 0.15) is 5.82 Å². The molecule has 0 fully saturated rings. The molecule has 1 aromatic heterocycles. The van der Waals surface area contributed by atoms with E-state index in [1.165, 1.54) is 6.20 Å². The van der Waals surface area contributed by atoms with Crippen LogP contribution < -0.4 is 4.74 Å². The Kier molecular flexibility index (Phi) is 4.83. The zero-order valence-corrected chi connectivity index (χ0v) is 10.9. The Labute approximate surface area is 107 Å². The molecule has 18 heavy (non-hydrogen) atoms. The van der Waals surface area contributed by atoms with Gasteiger partial charge in [-0.1, -0.05) is 19.4 Å². The van der Waals surface area contributed by atoms with Gasteiger partial charge in [0, 0.05) is 12.3 Å². The predicted molar refractivity (Wildman–Crippen MR) is 68.0 cm³/mol. The van der Waals surface area contributed by atoms with E-state index in [2.05, 4.69) is 16.5 Å². The number of hydrogen-bond acceptors (Lipinski definition) is 4. The quantitative estimate of drug-likeness (QED) is 0.786. The second-order valence-electron chi connectivity index (χ2n) is 4.46. The SMILES string of the molecule is C=C(C)CCOc1cnc(C(C)C)nc1C(=O)O. The fourth-order valence-electron chi connectivity index (χ4n) is 1.26. The van der Waals surface area contributed by atoms with Crippen LogP contribution in [0.2, 0.25) is 0 Å². The fourth-order valence-corrected chi connectivity index (χ4v) is 1.26. The lowest BCUT2D eigenvalue weighted by Crippen LogP contribution is -2.10. The van der Waals surface area contributed by atoms with Crippen LogP contribution in [0, 0.1) is 0 Å². The topological polar surface area (TPSA) is 72.3 Å². The Balaban J connectivity index is 2.90. The third-order valence-corrected chi connectivity index (χ3v) is 2.28. The van der Waals surface area contributed by atoms with Crippen molar-refractivity contribution in [2.75, 3.05) is 6.61 Å². The number of nitrogens with zero attached hydrogens (tertiary/aromatic N) is 2. The Morgan fingerprint density at radius 1 is 1.56 bits per heavy atom. The zero-order chi connectivity index (χ0) is 13.7. The van der Waals surface area contributed by atoms with Crippen LogP contribution in [0.25, 0.3) is 0 Å². The molecule has 0 aliphatic rings. The van der Waals surface area contributed by atoms with E-state index < -0.39 is 5.97 Å². The summed E-state index contributed by atoms with van der Waals surface area (Å²) < 4.78 is 5.38. The summed E-state index contributed by atoms with van der Waals surface area (Å²) in [4.78, 5) is 19.2. The number of carbonyl (C=O) groups is 1.